The zero-order valence-electron chi connectivity index (χ0n) is 15.9. The lowest BCUT2D eigenvalue weighted by molar-refractivity contribution is -0.119. The summed E-state index contributed by atoms with van der Waals surface area (Å²) in [7, 11) is 0. The number of rotatable bonds is 6. The van der Waals surface area contributed by atoms with Crippen LogP contribution in [0.4, 0.5) is 11.4 Å². The lowest BCUT2D eigenvalue weighted by Gasteiger charge is -2.30. The zero-order valence-corrected chi connectivity index (χ0v) is 15.9. The first-order chi connectivity index (χ1) is 13.0. The first-order valence-electron chi connectivity index (χ1n) is 9.50. The van der Waals surface area contributed by atoms with Gasteiger partial charge in [0.15, 0.2) is 0 Å². The second-order valence-corrected chi connectivity index (χ2v) is 7.30. The van der Waals surface area contributed by atoms with Crippen LogP contribution < -0.4 is 10.2 Å². The van der Waals surface area contributed by atoms with Crippen LogP contribution in [0.5, 0.6) is 0 Å². The van der Waals surface area contributed by atoms with Crippen molar-refractivity contribution in [2.75, 3.05) is 16.8 Å². The molecule has 140 valence electrons. The number of hydrogen-bond acceptors (Lipinski definition) is 2. The number of benzene rings is 2. The Morgan fingerprint density at radius 2 is 1.93 bits per heavy atom. The fourth-order valence-electron chi connectivity index (χ4n) is 3.19. The average molecular weight is 362 g/mol. The van der Waals surface area contributed by atoms with Crippen LogP contribution in [-0.2, 0) is 16.0 Å². The van der Waals surface area contributed by atoms with Gasteiger partial charge >= 0.3 is 0 Å². The largest absolute Gasteiger partial charge is 0.323 e. The van der Waals surface area contributed by atoms with E-state index in [4.69, 9.17) is 0 Å². The van der Waals surface area contributed by atoms with Crippen molar-refractivity contribution in [1.82, 2.24) is 0 Å². The monoisotopic (exact) mass is 362 g/mol. The molecule has 0 aliphatic carbocycles. The summed E-state index contributed by atoms with van der Waals surface area (Å²) in [5.74, 6) is 0.575. The van der Waals surface area contributed by atoms with Gasteiger partial charge in [0, 0.05) is 30.4 Å². The number of carbonyl (C=O) groups is 2. The molecular weight excluding hydrogens is 336 g/mol. The SMILES string of the molecule is CC(C)CCN1C(=O)CCc2cc(NC(=O)/C=C/c3ccccc3)ccc21. The van der Waals surface area contributed by atoms with Crippen LogP contribution in [0.2, 0.25) is 0 Å². The fourth-order valence-corrected chi connectivity index (χ4v) is 3.19. The molecule has 27 heavy (non-hydrogen) atoms. The van der Waals surface area contributed by atoms with Gasteiger partial charge in [0.2, 0.25) is 11.8 Å². The summed E-state index contributed by atoms with van der Waals surface area (Å²) < 4.78 is 0. The topological polar surface area (TPSA) is 49.4 Å². The smallest absolute Gasteiger partial charge is 0.248 e. The Morgan fingerprint density at radius 1 is 1.15 bits per heavy atom. The van der Waals surface area contributed by atoms with Gasteiger partial charge in [-0.2, -0.15) is 0 Å². The molecule has 4 nitrogen and oxygen atoms in total. The molecule has 2 aromatic carbocycles. The highest BCUT2D eigenvalue weighted by atomic mass is 16.2. The lowest BCUT2D eigenvalue weighted by atomic mass is 9.99. The van der Waals surface area contributed by atoms with Crippen molar-refractivity contribution in [2.24, 2.45) is 5.92 Å². The molecule has 1 N–H and O–H groups in total. The number of nitrogens with one attached hydrogen (secondary N) is 1. The van der Waals surface area contributed by atoms with Crippen molar-refractivity contribution >= 4 is 29.3 Å². The summed E-state index contributed by atoms with van der Waals surface area (Å²) in [5, 5.41) is 2.91. The van der Waals surface area contributed by atoms with Crippen molar-refractivity contribution in [3.8, 4) is 0 Å². The van der Waals surface area contributed by atoms with Gasteiger partial charge in [0.25, 0.3) is 0 Å². The van der Waals surface area contributed by atoms with Crippen molar-refractivity contribution in [2.45, 2.75) is 33.1 Å². The minimum Gasteiger partial charge on any atom is -0.323 e. The van der Waals surface area contributed by atoms with E-state index in [9.17, 15) is 9.59 Å². The summed E-state index contributed by atoms with van der Waals surface area (Å²) in [6.07, 6.45) is 5.55. The van der Waals surface area contributed by atoms with Gasteiger partial charge in [-0.3, -0.25) is 9.59 Å². The summed E-state index contributed by atoms with van der Waals surface area (Å²) >= 11 is 0. The van der Waals surface area contributed by atoms with Crippen molar-refractivity contribution in [3.05, 3.63) is 65.7 Å². The molecule has 0 unspecified atom stereocenters. The zero-order chi connectivity index (χ0) is 19.2. The molecule has 1 aliphatic rings. The van der Waals surface area contributed by atoms with E-state index in [0.717, 1.165) is 41.9 Å². The highest BCUT2D eigenvalue weighted by Gasteiger charge is 2.24. The highest BCUT2D eigenvalue weighted by molar-refractivity contribution is 6.02. The first-order valence-corrected chi connectivity index (χ1v) is 9.50. The molecule has 0 fully saturated rings. The molecule has 4 heteroatoms. The van der Waals surface area contributed by atoms with Gasteiger partial charge in [0.1, 0.15) is 0 Å². The maximum atomic E-state index is 12.3. The molecule has 0 bridgehead atoms. The predicted octanol–water partition coefficient (Wildman–Crippen LogP) is 4.66. The van der Waals surface area contributed by atoms with Crippen LogP contribution in [-0.4, -0.2) is 18.4 Å². The second-order valence-electron chi connectivity index (χ2n) is 7.30. The maximum absolute atomic E-state index is 12.3. The second kappa shape index (κ2) is 8.67. The van der Waals surface area contributed by atoms with Crippen molar-refractivity contribution in [3.63, 3.8) is 0 Å². The molecule has 0 atom stereocenters. The Morgan fingerprint density at radius 3 is 2.67 bits per heavy atom. The van der Waals surface area contributed by atoms with E-state index in [1.54, 1.807) is 6.08 Å². The number of aryl methyl sites for hydroxylation is 1. The molecule has 0 spiro atoms. The van der Waals surface area contributed by atoms with Crippen LogP contribution in [0.15, 0.2) is 54.6 Å². The van der Waals surface area contributed by atoms with Crippen molar-refractivity contribution in [1.29, 1.82) is 0 Å². The third kappa shape index (κ3) is 5.07. The molecule has 0 aromatic heterocycles. The van der Waals surface area contributed by atoms with E-state index in [1.165, 1.54) is 6.08 Å². The molecule has 1 heterocycles. The Kier molecular flexibility index (Phi) is 6.07. The van der Waals surface area contributed by atoms with Gasteiger partial charge in [-0.15, -0.1) is 0 Å². The Hall–Kier alpha value is -2.88. The number of fused-ring (bicyclic) bond motifs is 1. The molecule has 2 aromatic rings. The average Bonchev–Trinajstić information content (AvgIpc) is 2.66. The molecule has 1 aliphatic heterocycles. The van der Waals surface area contributed by atoms with E-state index in [2.05, 4.69) is 19.2 Å². The summed E-state index contributed by atoms with van der Waals surface area (Å²) in [6, 6.07) is 15.5. The van der Waals surface area contributed by atoms with Gasteiger partial charge in [0.05, 0.1) is 0 Å². The maximum Gasteiger partial charge on any atom is 0.248 e. The van der Waals surface area contributed by atoms with E-state index in [0.29, 0.717) is 12.3 Å². The Bertz CT molecular complexity index is 841. The van der Waals surface area contributed by atoms with E-state index < -0.39 is 0 Å². The summed E-state index contributed by atoms with van der Waals surface area (Å²) in [6.45, 7) is 5.07. The number of hydrogen-bond donors (Lipinski definition) is 1. The molecule has 2 amide bonds. The van der Waals surface area contributed by atoms with Gasteiger partial charge in [-0.25, -0.2) is 0 Å². The molecular formula is C23H26N2O2. The Balaban J connectivity index is 1.69. The van der Waals surface area contributed by atoms with Gasteiger partial charge < -0.3 is 10.2 Å². The van der Waals surface area contributed by atoms with Crippen LogP contribution in [0, 0.1) is 5.92 Å². The van der Waals surface area contributed by atoms with Gasteiger partial charge in [-0.05, 0) is 54.2 Å². The van der Waals surface area contributed by atoms with Gasteiger partial charge in [-0.1, -0.05) is 44.2 Å². The molecule has 0 radical (unpaired) electrons. The molecule has 3 rings (SSSR count). The standard InChI is InChI=1S/C23H26N2O2/c1-17(2)14-15-25-21-11-10-20(16-19(21)9-13-23(25)27)24-22(26)12-8-18-6-4-3-5-7-18/h3-8,10-12,16-17H,9,13-15H2,1-2H3,(H,24,26)/b12-8+. The first kappa shape index (κ1) is 18.9. The third-order valence-corrected chi connectivity index (χ3v) is 4.70. The number of nitrogens with zero attached hydrogens (tertiary/aromatic N) is 1. The van der Waals surface area contributed by atoms with E-state index in [-0.39, 0.29) is 11.8 Å². The van der Waals surface area contributed by atoms with Crippen LogP contribution in [0.1, 0.15) is 37.8 Å². The predicted molar refractivity (Wildman–Crippen MR) is 111 cm³/mol. The number of anilines is 2. The number of amides is 2. The molecule has 0 saturated heterocycles. The molecule has 0 saturated carbocycles. The van der Waals surface area contributed by atoms with Crippen LogP contribution in [0.25, 0.3) is 6.08 Å². The van der Waals surface area contributed by atoms with Crippen molar-refractivity contribution < 1.29 is 9.59 Å². The van der Waals surface area contributed by atoms with Crippen LogP contribution in [0.3, 0.4) is 0 Å². The minimum atomic E-state index is -0.164. The van der Waals surface area contributed by atoms with E-state index in [1.807, 2.05) is 53.4 Å². The van der Waals surface area contributed by atoms with Crippen LogP contribution >= 0.6 is 0 Å². The summed E-state index contributed by atoms with van der Waals surface area (Å²) in [4.78, 5) is 26.4. The number of carbonyl (C=O) groups excluding carboxylic acids is 2. The summed E-state index contributed by atoms with van der Waals surface area (Å²) in [5.41, 5.74) is 3.83. The normalized spacial score (nSPS) is 13.9. The lowest BCUT2D eigenvalue weighted by Crippen LogP contribution is -2.36. The Labute approximate surface area is 160 Å². The van der Waals surface area contributed by atoms with E-state index >= 15 is 0 Å². The minimum absolute atomic E-state index is 0.164. The quantitative estimate of drug-likeness (QED) is 0.760. The fraction of sp³-hybridized carbons (Fsp3) is 0.304. The highest BCUT2D eigenvalue weighted by Crippen LogP contribution is 2.30. The third-order valence-electron chi connectivity index (χ3n) is 4.70.